The Kier molecular flexibility index (Phi) is 8.98. The van der Waals surface area contributed by atoms with Gasteiger partial charge in [0.25, 0.3) is 5.91 Å². The summed E-state index contributed by atoms with van der Waals surface area (Å²) < 4.78 is 20.9. The van der Waals surface area contributed by atoms with Gasteiger partial charge in [-0.15, -0.1) is 10.2 Å². The van der Waals surface area contributed by atoms with Crippen molar-refractivity contribution in [3.05, 3.63) is 90.2 Å². The monoisotopic (exact) mass is 573 g/mol. The largest absolute Gasteiger partial charge is 0.497 e. The molecular formula is C31H32FN5O3S. The number of carbonyl (C=O) groups excluding carboxylic acids is 2. The summed E-state index contributed by atoms with van der Waals surface area (Å²) in [6.45, 7) is 3.26. The van der Waals surface area contributed by atoms with E-state index in [-0.39, 0.29) is 17.9 Å². The molecule has 1 aliphatic heterocycles. The highest BCUT2D eigenvalue weighted by Gasteiger charge is 2.30. The molecule has 0 saturated carbocycles. The first-order valence-corrected chi connectivity index (χ1v) is 14.6. The Bertz CT molecular complexity index is 1500. The van der Waals surface area contributed by atoms with Gasteiger partial charge in [-0.1, -0.05) is 48.2 Å². The zero-order valence-corrected chi connectivity index (χ0v) is 23.9. The standard InChI is InChI=1S/C31H32FN5O3S/c1-22-21-35(17-18-36(22)30(39)24-10-6-11-25(32)20-24)28(38)12-7-19-41-31-34-33-29(23-8-4-3-5-9-23)37(31)26-13-15-27(40-2)16-14-26/h3-6,8-11,13-16,20,22H,7,12,17-19,21H2,1-2H3. The molecule has 5 rings (SSSR count). The number of aromatic nitrogens is 3. The molecule has 1 aromatic heterocycles. The lowest BCUT2D eigenvalue weighted by Crippen LogP contribution is -2.55. The minimum absolute atomic E-state index is 0.0666. The van der Waals surface area contributed by atoms with Crippen LogP contribution in [0.4, 0.5) is 4.39 Å². The van der Waals surface area contributed by atoms with Crippen LogP contribution < -0.4 is 4.74 Å². The van der Waals surface area contributed by atoms with Gasteiger partial charge in [-0.25, -0.2) is 4.39 Å². The van der Waals surface area contributed by atoms with Gasteiger partial charge in [-0.05, 0) is 55.8 Å². The number of amides is 2. The molecule has 4 aromatic rings. The molecule has 2 heterocycles. The number of carbonyl (C=O) groups is 2. The van der Waals surface area contributed by atoms with Gasteiger partial charge >= 0.3 is 0 Å². The summed E-state index contributed by atoms with van der Waals surface area (Å²) in [5.74, 6) is 1.63. The molecule has 41 heavy (non-hydrogen) atoms. The molecule has 212 valence electrons. The summed E-state index contributed by atoms with van der Waals surface area (Å²) in [6, 6.07) is 23.2. The average molecular weight is 574 g/mol. The number of hydrogen-bond acceptors (Lipinski definition) is 6. The summed E-state index contributed by atoms with van der Waals surface area (Å²) in [4.78, 5) is 29.4. The Hall–Kier alpha value is -4.18. The van der Waals surface area contributed by atoms with Crippen LogP contribution in [-0.2, 0) is 4.79 Å². The number of benzene rings is 3. The third kappa shape index (κ3) is 6.59. The molecule has 0 aliphatic carbocycles. The van der Waals surface area contributed by atoms with Crippen molar-refractivity contribution < 1.29 is 18.7 Å². The lowest BCUT2D eigenvalue weighted by atomic mass is 10.1. The SMILES string of the molecule is COc1ccc(-n2c(SCCCC(=O)N3CCN(C(=O)c4cccc(F)c4)C(C)C3)nnc2-c2ccccc2)cc1. The van der Waals surface area contributed by atoms with Crippen LogP contribution in [0.2, 0.25) is 0 Å². The zero-order valence-electron chi connectivity index (χ0n) is 23.1. The maximum atomic E-state index is 13.6. The molecule has 3 aromatic carbocycles. The smallest absolute Gasteiger partial charge is 0.254 e. The molecule has 0 bridgehead atoms. The van der Waals surface area contributed by atoms with Gasteiger partial charge in [0.2, 0.25) is 5.91 Å². The molecule has 0 spiro atoms. The third-order valence-corrected chi connectivity index (χ3v) is 8.09. The van der Waals surface area contributed by atoms with Gasteiger partial charge in [-0.2, -0.15) is 0 Å². The summed E-state index contributed by atoms with van der Waals surface area (Å²) >= 11 is 1.56. The maximum absolute atomic E-state index is 13.6. The van der Waals surface area contributed by atoms with Crippen LogP contribution in [0.3, 0.4) is 0 Å². The molecule has 10 heteroatoms. The predicted octanol–water partition coefficient (Wildman–Crippen LogP) is 5.33. The quantitative estimate of drug-likeness (QED) is 0.199. The van der Waals surface area contributed by atoms with E-state index in [0.29, 0.717) is 43.8 Å². The van der Waals surface area contributed by atoms with E-state index in [9.17, 15) is 14.0 Å². The molecule has 1 atom stereocenters. The molecule has 8 nitrogen and oxygen atoms in total. The molecule has 1 unspecified atom stereocenters. The first-order valence-electron chi connectivity index (χ1n) is 13.6. The van der Waals surface area contributed by atoms with Crippen molar-refractivity contribution in [2.24, 2.45) is 0 Å². The number of hydrogen-bond donors (Lipinski definition) is 0. The third-order valence-electron chi connectivity index (χ3n) is 7.07. The number of thioether (sulfide) groups is 1. The maximum Gasteiger partial charge on any atom is 0.254 e. The van der Waals surface area contributed by atoms with Crippen LogP contribution in [-0.4, -0.2) is 74.9 Å². The van der Waals surface area contributed by atoms with Crippen LogP contribution in [0.15, 0.2) is 84.0 Å². The van der Waals surface area contributed by atoms with Gasteiger partial charge in [0.1, 0.15) is 11.6 Å². The highest BCUT2D eigenvalue weighted by molar-refractivity contribution is 7.99. The van der Waals surface area contributed by atoms with Crippen molar-refractivity contribution in [1.82, 2.24) is 24.6 Å². The number of nitrogens with zero attached hydrogens (tertiary/aromatic N) is 5. The lowest BCUT2D eigenvalue weighted by Gasteiger charge is -2.40. The number of piperazine rings is 1. The van der Waals surface area contributed by atoms with E-state index in [1.807, 2.05) is 71.0 Å². The number of methoxy groups -OCH3 is 1. The van der Waals surface area contributed by atoms with Crippen LogP contribution in [0.1, 0.15) is 30.1 Å². The summed E-state index contributed by atoms with van der Waals surface area (Å²) in [5.41, 5.74) is 2.21. The molecule has 0 radical (unpaired) electrons. The summed E-state index contributed by atoms with van der Waals surface area (Å²) in [6.07, 6.45) is 1.08. The highest BCUT2D eigenvalue weighted by Crippen LogP contribution is 2.29. The molecule has 1 fully saturated rings. The van der Waals surface area contributed by atoms with Gasteiger partial charge in [0.05, 0.1) is 7.11 Å². The second kappa shape index (κ2) is 13.0. The molecule has 2 amide bonds. The Morgan fingerprint density at radius 2 is 1.78 bits per heavy atom. The Balaban J connectivity index is 1.18. The van der Waals surface area contributed by atoms with Crippen molar-refractivity contribution in [1.29, 1.82) is 0 Å². The predicted molar refractivity (Wildman–Crippen MR) is 157 cm³/mol. The summed E-state index contributed by atoms with van der Waals surface area (Å²) in [7, 11) is 1.64. The molecule has 0 N–H and O–H groups in total. The van der Waals surface area contributed by atoms with Crippen LogP contribution in [0, 0.1) is 5.82 Å². The highest BCUT2D eigenvalue weighted by atomic mass is 32.2. The van der Waals surface area contributed by atoms with E-state index in [1.54, 1.807) is 29.8 Å². The minimum atomic E-state index is -0.436. The normalized spacial score (nSPS) is 15.1. The number of rotatable bonds is 9. The number of halogens is 1. The Labute approximate surface area is 243 Å². The Morgan fingerprint density at radius 1 is 1.00 bits per heavy atom. The van der Waals surface area contributed by atoms with Crippen molar-refractivity contribution in [3.8, 4) is 22.8 Å². The van der Waals surface area contributed by atoms with E-state index in [2.05, 4.69) is 10.2 Å². The molecule has 1 aliphatic rings. The van der Waals surface area contributed by atoms with Gasteiger partial charge < -0.3 is 14.5 Å². The average Bonchev–Trinajstić information content (AvgIpc) is 3.43. The van der Waals surface area contributed by atoms with E-state index in [1.165, 1.54) is 18.2 Å². The van der Waals surface area contributed by atoms with Crippen molar-refractivity contribution in [2.75, 3.05) is 32.5 Å². The van der Waals surface area contributed by atoms with E-state index in [0.717, 1.165) is 28.0 Å². The van der Waals surface area contributed by atoms with E-state index >= 15 is 0 Å². The van der Waals surface area contributed by atoms with E-state index < -0.39 is 5.82 Å². The van der Waals surface area contributed by atoms with Crippen LogP contribution in [0.5, 0.6) is 5.75 Å². The van der Waals surface area contributed by atoms with Crippen molar-refractivity contribution >= 4 is 23.6 Å². The van der Waals surface area contributed by atoms with Crippen molar-refractivity contribution in [3.63, 3.8) is 0 Å². The topological polar surface area (TPSA) is 80.6 Å². The fourth-order valence-corrected chi connectivity index (χ4v) is 5.81. The number of ether oxygens (including phenoxy) is 1. The van der Waals surface area contributed by atoms with E-state index in [4.69, 9.17) is 4.74 Å². The molecule has 1 saturated heterocycles. The van der Waals surface area contributed by atoms with Crippen molar-refractivity contribution in [2.45, 2.75) is 31.0 Å². The van der Waals surface area contributed by atoms with Crippen LogP contribution >= 0.6 is 11.8 Å². The first kappa shape index (κ1) is 28.4. The minimum Gasteiger partial charge on any atom is -0.497 e. The zero-order chi connectivity index (χ0) is 28.8. The fraction of sp³-hybridized carbons (Fsp3) is 0.290. The first-order chi connectivity index (χ1) is 19.9. The summed E-state index contributed by atoms with van der Waals surface area (Å²) in [5, 5.41) is 9.70. The molecular weight excluding hydrogens is 541 g/mol. The second-order valence-electron chi connectivity index (χ2n) is 9.86. The Morgan fingerprint density at radius 3 is 2.49 bits per heavy atom. The fourth-order valence-electron chi connectivity index (χ4n) is 4.92. The lowest BCUT2D eigenvalue weighted by molar-refractivity contribution is -0.133. The second-order valence-corrected chi connectivity index (χ2v) is 10.9. The van der Waals surface area contributed by atoms with Gasteiger partial charge in [-0.3, -0.25) is 14.2 Å². The van der Waals surface area contributed by atoms with Crippen LogP contribution in [0.25, 0.3) is 17.1 Å². The van der Waals surface area contributed by atoms with Gasteiger partial charge in [0.15, 0.2) is 11.0 Å². The van der Waals surface area contributed by atoms with Gasteiger partial charge in [0, 0.05) is 54.7 Å².